The predicted molar refractivity (Wildman–Crippen MR) is 88.7 cm³/mol. The summed E-state index contributed by atoms with van der Waals surface area (Å²) in [6, 6.07) is 5.46. The van der Waals surface area contributed by atoms with Crippen molar-refractivity contribution < 1.29 is 14.3 Å². The number of carbonyl (C=O) groups is 1. The van der Waals surface area contributed by atoms with Gasteiger partial charge in [-0.15, -0.1) is 0 Å². The van der Waals surface area contributed by atoms with Crippen molar-refractivity contribution in [2.24, 2.45) is 0 Å². The van der Waals surface area contributed by atoms with Gasteiger partial charge in [-0.25, -0.2) is 4.79 Å². The maximum Gasteiger partial charge on any atom is 0.338 e. The number of nitrogens with one attached hydrogen (secondary N) is 2. The summed E-state index contributed by atoms with van der Waals surface area (Å²) in [5.41, 5.74) is 3.16. The van der Waals surface area contributed by atoms with E-state index in [9.17, 15) is 4.79 Å². The fraction of sp³-hybridized carbons (Fsp3) is 0.375. The van der Waals surface area contributed by atoms with E-state index in [0.29, 0.717) is 23.0 Å². The van der Waals surface area contributed by atoms with E-state index in [1.165, 1.54) is 0 Å². The number of hydrogen-bond donors (Lipinski definition) is 2. The van der Waals surface area contributed by atoms with Gasteiger partial charge < -0.3 is 20.1 Å². The smallest absolute Gasteiger partial charge is 0.338 e. The Hall–Kier alpha value is -2.08. The van der Waals surface area contributed by atoms with Crippen molar-refractivity contribution in [3.05, 3.63) is 40.6 Å². The molecule has 2 N–H and O–H groups in total. The van der Waals surface area contributed by atoms with Crippen molar-refractivity contribution >= 4 is 23.3 Å². The Labute approximate surface area is 135 Å². The van der Waals surface area contributed by atoms with Crippen LogP contribution in [0.15, 0.2) is 29.5 Å². The first-order chi connectivity index (χ1) is 10.5. The predicted octanol–water partition coefficient (Wildman–Crippen LogP) is 2.36. The van der Waals surface area contributed by atoms with Crippen molar-refractivity contribution in [1.82, 2.24) is 10.6 Å². The molecule has 1 aliphatic heterocycles. The van der Waals surface area contributed by atoms with E-state index in [2.05, 4.69) is 10.6 Å². The highest BCUT2D eigenvalue weighted by molar-refractivity contribution is 7.80. The van der Waals surface area contributed by atoms with Crippen molar-refractivity contribution in [2.45, 2.75) is 26.8 Å². The molecular formula is C16H20N2O3S. The van der Waals surface area contributed by atoms with Crippen molar-refractivity contribution in [2.75, 3.05) is 13.7 Å². The normalized spacial score (nSPS) is 17.6. The Kier molecular flexibility index (Phi) is 5.03. The minimum absolute atomic E-state index is 0.323. The molecule has 2 rings (SSSR count). The molecule has 1 heterocycles. The number of methoxy groups -OCH3 is 1. The lowest BCUT2D eigenvalue weighted by molar-refractivity contribution is -0.139. The highest BCUT2D eigenvalue weighted by atomic mass is 32.1. The van der Waals surface area contributed by atoms with Gasteiger partial charge in [-0.05, 0) is 50.2 Å². The summed E-state index contributed by atoms with van der Waals surface area (Å²) < 4.78 is 10.5. The number of hydrogen-bond acceptors (Lipinski definition) is 4. The Morgan fingerprint density at radius 3 is 2.73 bits per heavy atom. The monoisotopic (exact) mass is 320 g/mol. The molecule has 0 saturated heterocycles. The molecule has 1 atom stereocenters. The maximum absolute atomic E-state index is 12.3. The second-order valence-corrected chi connectivity index (χ2v) is 5.43. The van der Waals surface area contributed by atoms with Gasteiger partial charge >= 0.3 is 5.97 Å². The molecule has 22 heavy (non-hydrogen) atoms. The van der Waals surface area contributed by atoms with Crippen LogP contribution in [-0.4, -0.2) is 24.8 Å². The minimum Gasteiger partial charge on any atom is -0.496 e. The summed E-state index contributed by atoms with van der Waals surface area (Å²) >= 11 is 5.21. The molecule has 5 nitrogen and oxygen atoms in total. The van der Waals surface area contributed by atoms with Crippen molar-refractivity contribution in [1.29, 1.82) is 0 Å². The number of allylic oxidation sites excluding steroid dienone is 1. The molecule has 0 aromatic heterocycles. The summed E-state index contributed by atoms with van der Waals surface area (Å²) in [7, 11) is 1.62. The van der Waals surface area contributed by atoms with Gasteiger partial charge in [0.2, 0.25) is 0 Å². The molecule has 1 aromatic carbocycles. The fourth-order valence-corrected chi connectivity index (χ4v) is 2.71. The first-order valence-corrected chi connectivity index (χ1v) is 7.48. The first kappa shape index (κ1) is 16.3. The Bertz CT molecular complexity index is 640. The zero-order valence-electron chi connectivity index (χ0n) is 13.1. The molecule has 0 amide bonds. The van der Waals surface area contributed by atoms with Crippen LogP contribution in [0.3, 0.4) is 0 Å². The molecule has 1 unspecified atom stereocenters. The summed E-state index contributed by atoms with van der Waals surface area (Å²) in [6.45, 7) is 5.89. The Balaban J connectivity index is 2.47. The molecule has 0 spiro atoms. The number of aryl methyl sites for hydroxylation is 1. The molecule has 0 saturated carbocycles. The van der Waals surface area contributed by atoms with Crippen LogP contribution in [0.5, 0.6) is 5.75 Å². The number of thiocarbonyl (C=S) groups is 1. The van der Waals surface area contributed by atoms with Crippen molar-refractivity contribution in [3.63, 3.8) is 0 Å². The van der Waals surface area contributed by atoms with Gasteiger partial charge in [0.05, 0.1) is 25.3 Å². The van der Waals surface area contributed by atoms with Crippen molar-refractivity contribution in [3.8, 4) is 5.75 Å². The first-order valence-electron chi connectivity index (χ1n) is 7.07. The van der Waals surface area contributed by atoms with Crippen LogP contribution in [-0.2, 0) is 9.53 Å². The van der Waals surface area contributed by atoms with E-state index in [1.54, 1.807) is 14.0 Å². The zero-order valence-corrected chi connectivity index (χ0v) is 14.0. The number of ether oxygens (including phenoxy) is 2. The number of esters is 1. The quantitative estimate of drug-likeness (QED) is 0.656. The average molecular weight is 320 g/mol. The van der Waals surface area contributed by atoms with Gasteiger partial charge in [-0.3, -0.25) is 0 Å². The van der Waals surface area contributed by atoms with Gasteiger partial charge in [0.15, 0.2) is 5.11 Å². The van der Waals surface area contributed by atoms with Crippen LogP contribution in [0.1, 0.15) is 31.0 Å². The second-order valence-electron chi connectivity index (χ2n) is 5.02. The van der Waals surface area contributed by atoms with E-state index in [-0.39, 0.29) is 12.0 Å². The van der Waals surface area contributed by atoms with Crippen LogP contribution in [0.4, 0.5) is 0 Å². The summed E-state index contributed by atoms with van der Waals surface area (Å²) in [4.78, 5) is 12.3. The average Bonchev–Trinajstić information content (AvgIpc) is 2.47. The summed E-state index contributed by atoms with van der Waals surface area (Å²) in [5, 5.41) is 6.59. The standard InChI is InChI=1S/C16H20N2O3S/c1-5-21-15(19)13-10(3)17-16(22)18-14(13)11-7-6-9(2)12(8-11)20-4/h6-8,14H,5H2,1-4H3,(H2,17,18,22). The lowest BCUT2D eigenvalue weighted by Gasteiger charge is -2.30. The topological polar surface area (TPSA) is 59.6 Å². The maximum atomic E-state index is 12.3. The molecule has 0 radical (unpaired) electrons. The van der Waals surface area contributed by atoms with Crippen LogP contribution in [0, 0.1) is 6.92 Å². The highest BCUT2D eigenvalue weighted by Gasteiger charge is 2.31. The molecule has 0 aliphatic carbocycles. The van der Waals surface area contributed by atoms with Crippen LogP contribution >= 0.6 is 12.2 Å². The number of benzene rings is 1. The van der Waals surface area contributed by atoms with Gasteiger partial charge in [0.25, 0.3) is 0 Å². The molecule has 1 aliphatic rings. The van der Waals surface area contributed by atoms with Gasteiger partial charge in [-0.1, -0.05) is 12.1 Å². The second kappa shape index (κ2) is 6.79. The Morgan fingerprint density at radius 2 is 2.09 bits per heavy atom. The fourth-order valence-electron chi connectivity index (χ4n) is 2.44. The lowest BCUT2D eigenvalue weighted by Crippen LogP contribution is -2.45. The van der Waals surface area contributed by atoms with E-state index in [1.807, 2.05) is 32.0 Å². The van der Waals surface area contributed by atoms with E-state index in [0.717, 1.165) is 16.9 Å². The Morgan fingerprint density at radius 1 is 1.36 bits per heavy atom. The van der Waals surface area contributed by atoms with E-state index in [4.69, 9.17) is 21.7 Å². The highest BCUT2D eigenvalue weighted by Crippen LogP contribution is 2.31. The number of rotatable bonds is 4. The van der Waals surface area contributed by atoms with Crippen LogP contribution < -0.4 is 15.4 Å². The zero-order chi connectivity index (χ0) is 16.3. The molecule has 0 fully saturated rings. The van der Waals surface area contributed by atoms with E-state index < -0.39 is 0 Å². The third-order valence-electron chi connectivity index (χ3n) is 3.53. The van der Waals surface area contributed by atoms with E-state index >= 15 is 0 Å². The molecule has 0 bridgehead atoms. The molecule has 6 heteroatoms. The molecule has 1 aromatic rings. The van der Waals surface area contributed by atoms with Gasteiger partial charge in [-0.2, -0.15) is 0 Å². The minimum atomic E-state index is -0.359. The van der Waals surface area contributed by atoms with Gasteiger partial charge in [0, 0.05) is 5.70 Å². The van der Waals surface area contributed by atoms with Crippen LogP contribution in [0.2, 0.25) is 0 Å². The van der Waals surface area contributed by atoms with Gasteiger partial charge in [0.1, 0.15) is 5.75 Å². The molecular weight excluding hydrogens is 300 g/mol. The SMILES string of the molecule is CCOC(=O)C1=C(C)NC(=S)NC1c1ccc(C)c(OC)c1. The van der Waals surface area contributed by atoms with Crippen LogP contribution in [0.25, 0.3) is 0 Å². The largest absolute Gasteiger partial charge is 0.496 e. The lowest BCUT2D eigenvalue weighted by atomic mass is 9.94. The third kappa shape index (κ3) is 3.22. The third-order valence-corrected chi connectivity index (χ3v) is 3.75. The summed E-state index contributed by atoms with van der Waals surface area (Å²) in [6.07, 6.45) is 0. The molecule has 118 valence electrons. The summed E-state index contributed by atoms with van der Waals surface area (Å²) in [5.74, 6) is 0.414. The number of carbonyl (C=O) groups excluding carboxylic acids is 1.